The molecule has 1 fully saturated rings. The number of amides is 1. The molecule has 0 heterocycles. The molecule has 0 N–H and O–H groups in total. The molecular weight excluding hydrogens is 282 g/mol. The third kappa shape index (κ3) is 5.24. The van der Waals surface area contributed by atoms with Gasteiger partial charge in [0.05, 0.1) is 25.8 Å². The summed E-state index contributed by atoms with van der Waals surface area (Å²) in [6.45, 7) is 2.80. The van der Waals surface area contributed by atoms with E-state index in [1.807, 2.05) is 4.90 Å². The molecule has 0 aromatic rings. The number of hydrogen-bond donors (Lipinski definition) is 0. The van der Waals surface area contributed by atoms with Gasteiger partial charge < -0.3 is 14.4 Å². The maximum atomic E-state index is 12.6. The van der Waals surface area contributed by atoms with Crippen molar-refractivity contribution in [2.45, 2.75) is 37.6 Å². The maximum absolute atomic E-state index is 12.6. The van der Waals surface area contributed by atoms with Crippen LogP contribution in [0.25, 0.3) is 0 Å². The third-order valence-electron chi connectivity index (χ3n) is 4.49. The molecule has 0 saturated heterocycles. The van der Waals surface area contributed by atoms with E-state index >= 15 is 0 Å². The highest BCUT2D eigenvalue weighted by molar-refractivity contribution is 5.79. The van der Waals surface area contributed by atoms with E-state index in [0.29, 0.717) is 32.8 Å². The van der Waals surface area contributed by atoms with Crippen molar-refractivity contribution in [3.63, 3.8) is 0 Å². The second kappa shape index (κ2) is 9.78. The van der Waals surface area contributed by atoms with Crippen LogP contribution in [0.1, 0.15) is 32.1 Å². The molecule has 0 aromatic carbocycles. The van der Waals surface area contributed by atoms with Crippen LogP contribution in [0.15, 0.2) is 0 Å². The number of nitriles is 1. The average molecular weight is 311 g/mol. The molecule has 0 radical (unpaired) electrons. The standard InChI is InChI=1S/C16H29N3O3/c1-18(16(14-17)7-5-4-6-8-16)15(20)13-19(9-11-21-2)10-12-22-3/h4-13H2,1-3H3. The van der Waals surface area contributed by atoms with Crippen molar-refractivity contribution in [1.82, 2.24) is 9.80 Å². The fourth-order valence-electron chi connectivity index (χ4n) is 2.91. The minimum atomic E-state index is -0.622. The van der Waals surface area contributed by atoms with Crippen molar-refractivity contribution in [1.29, 1.82) is 5.26 Å². The van der Waals surface area contributed by atoms with E-state index < -0.39 is 5.54 Å². The van der Waals surface area contributed by atoms with E-state index in [-0.39, 0.29) is 5.91 Å². The first-order valence-corrected chi connectivity index (χ1v) is 7.98. The number of carbonyl (C=O) groups excluding carboxylic acids is 1. The van der Waals surface area contributed by atoms with Crippen LogP contribution >= 0.6 is 0 Å². The fourth-order valence-corrected chi connectivity index (χ4v) is 2.91. The number of nitrogens with zero attached hydrogens (tertiary/aromatic N) is 3. The van der Waals surface area contributed by atoms with Gasteiger partial charge in [-0.25, -0.2) is 0 Å². The molecule has 0 bridgehead atoms. The molecule has 1 aliphatic carbocycles. The smallest absolute Gasteiger partial charge is 0.237 e. The van der Waals surface area contributed by atoms with Crippen molar-refractivity contribution in [2.75, 3.05) is 54.1 Å². The van der Waals surface area contributed by atoms with Crippen LogP contribution in [-0.2, 0) is 14.3 Å². The van der Waals surface area contributed by atoms with Crippen LogP contribution in [-0.4, -0.2) is 75.4 Å². The first kappa shape index (κ1) is 18.9. The molecule has 1 amide bonds. The molecule has 6 nitrogen and oxygen atoms in total. The zero-order valence-corrected chi connectivity index (χ0v) is 14.1. The highest BCUT2D eigenvalue weighted by Gasteiger charge is 2.38. The van der Waals surface area contributed by atoms with Gasteiger partial charge in [0.25, 0.3) is 0 Å². The van der Waals surface area contributed by atoms with E-state index in [2.05, 4.69) is 6.07 Å². The number of carbonyl (C=O) groups is 1. The van der Waals surface area contributed by atoms with Gasteiger partial charge in [-0.2, -0.15) is 5.26 Å². The van der Waals surface area contributed by atoms with E-state index in [4.69, 9.17) is 9.47 Å². The Kier molecular flexibility index (Phi) is 8.39. The predicted octanol–water partition coefficient (Wildman–Crippen LogP) is 1.27. The molecule has 0 unspecified atom stereocenters. The lowest BCUT2D eigenvalue weighted by Gasteiger charge is -2.39. The Morgan fingerprint density at radius 1 is 1.14 bits per heavy atom. The van der Waals surface area contributed by atoms with Gasteiger partial charge in [-0.15, -0.1) is 0 Å². The number of hydrogen-bond acceptors (Lipinski definition) is 5. The zero-order chi connectivity index (χ0) is 16.4. The van der Waals surface area contributed by atoms with Gasteiger partial charge in [-0.1, -0.05) is 19.3 Å². The minimum absolute atomic E-state index is 0.00402. The first-order chi connectivity index (χ1) is 10.6. The fraction of sp³-hybridized carbons (Fsp3) is 0.875. The van der Waals surface area contributed by atoms with E-state index in [9.17, 15) is 10.1 Å². The van der Waals surface area contributed by atoms with Crippen molar-refractivity contribution in [3.05, 3.63) is 0 Å². The lowest BCUT2D eigenvalue weighted by molar-refractivity contribution is -0.136. The molecule has 22 heavy (non-hydrogen) atoms. The van der Waals surface area contributed by atoms with Crippen LogP contribution in [0.2, 0.25) is 0 Å². The van der Waals surface area contributed by atoms with Crippen molar-refractivity contribution >= 4 is 5.91 Å². The van der Waals surface area contributed by atoms with Gasteiger partial charge in [0.1, 0.15) is 5.54 Å². The Bertz CT molecular complexity index is 367. The van der Waals surface area contributed by atoms with Gasteiger partial charge >= 0.3 is 0 Å². The summed E-state index contributed by atoms with van der Waals surface area (Å²) < 4.78 is 10.2. The summed E-state index contributed by atoms with van der Waals surface area (Å²) in [7, 11) is 5.06. The topological polar surface area (TPSA) is 65.8 Å². The van der Waals surface area contributed by atoms with Crippen molar-refractivity contribution < 1.29 is 14.3 Å². The summed E-state index contributed by atoms with van der Waals surface area (Å²) in [6, 6.07) is 2.39. The van der Waals surface area contributed by atoms with Gasteiger partial charge in [0, 0.05) is 34.4 Å². The molecule has 0 atom stereocenters. The largest absolute Gasteiger partial charge is 0.383 e. The predicted molar refractivity (Wildman–Crippen MR) is 84.4 cm³/mol. The maximum Gasteiger partial charge on any atom is 0.237 e. The van der Waals surface area contributed by atoms with Crippen molar-refractivity contribution in [2.24, 2.45) is 0 Å². The minimum Gasteiger partial charge on any atom is -0.383 e. The monoisotopic (exact) mass is 311 g/mol. The molecule has 0 aliphatic heterocycles. The lowest BCUT2D eigenvalue weighted by atomic mass is 9.81. The number of ether oxygens (including phenoxy) is 2. The SMILES string of the molecule is COCCN(CCOC)CC(=O)N(C)C1(C#N)CCCCC1. The number of likely N-dealkylation sites (N-methyl/N-ethyl adjacent to an activating group) is 1. The highest BCUT2D eigenvalue weighted by Crippen LogP contribution is 2.32. The Morgan fingerprint density at radius 2 is 1.68 bits per heavy atom. The second-order valence-corrected chi connectivity index (χ2v) is 5.92. The van der Waals surface area contributed by atoms with E-state index in [0.717, 1.165) is 32.1 Å². The normalized spacial score (nSPS) is 17.2. The third-order valence-corrected chi connectivity index (χ3v) is 4.49. The number of rotatable bonds is 9. The Labute approximate surface area is 134 Å². The van der Waals surface area contributed by atoms with Crippen LogP contribution < -0.4 is 0 Å². The molecule has 1 aliphatic rings. The van der Waals surface area contributed by atoms with Gasteiger partial charge in [0.15, 0.2) is 0 Å². The summed E-state index contributed by atoms with van der Waals surface area (Å²) in [5, 5.41) is 9.58. The summed E-state index contributed by atoms with van der Waals surface area (Å²) >= 11 is 0. The summed E-state index contributed by atoms with van der Waals surface area (Å²) in [5.41, 5.74) is -0.622. The molecule has 0 spiro atoms. The molecule has 126 valence electrons. The molecule has 6 heteroatoms. The molecule has 1 rings (SSSR count). The molecular formula is C16H29N3O3. The van der Waals surface area contributed by atoms with Crippen molar-refractivity contribution in [3.8, 4) is 6.07 Å². The summed E-state index contributed by atoms with van der Waals surface area (Å²) in [4.78, 5) is 16.3. The Balaban J connectivity index is 2.64. The van der Waals surface area contributed by atoms with Crippen LogP contribution in [0, 0.1) is 11.3 Å². The second-order valence-electron chi connectivity index (χ2n) is 5.92. The van der Waals surface area contributed by atoms with Gasteiger partial charge in [-0.05, 0) is 12.8 Å². The lowest BCUT2D eigenvalue weighted by Crippen LogP contribution is -2.53. The molecule has 1 saturated carbocycles. The number of methoxy groups -OCH3 is 2. The molecule has 0 aromatic heterocycles. The summed E-state index contributed by atoms with van der Waals surface area (Å²) in [6.07, 6.45) is 4.74. The highest BCUT2D eigenvalue weighted by atomic mass is 16.5. The Morgan fingerprint density at radius 3 is 2.14 bits per heavy atom. The zero-order valence-electron chi connectivity index (χ0n) is 14.1. The quantitative estimate of drug-likeness (QED) is 0.641. The van der Waals surface area contributed by atoms with E-state index in [1.54, 1.807) is 26.2 Å². The van der Waals surface area contributed by atoms with Gasteiger partial charge in [0.2, 0.25) is 5.91 Å². The van der Waals surface area contributed by atoms with Gasteiger partial charge in [-0.3, -0.25) is 9.69 Å². The first-order valence-electron chi connectivity index (χ1n) is 7.98. The van der Waals surface area contributed by atoms with E-state index in [1.165, 1.54) is 0 Å². The van der Waals surface area contributed by atoms with Crippen LogP contribution in [0.3, 0.4) is 0 Å². The average Bonchev–Trinajstić information content (AvgIpc) is 2.56. The Hall–Kier alpha value is -1.16. The van der Waals surface area contributed by atoms with Crippen LogP contribution in [0.4, 0.5) is 0 Å². The summed E-state index contributed by atoms with van der Waals surface area (Å²) in [5.74, 6) is -0.00402. The van der Waals surface area contributed by atoms with Crippen LogP contribution in [0.5, 0.6) is 0 Å².